The first-order valence-electron chi connectivity index (χ1n) is 8.36. The van der Waals surface area contributed by atoms with Crippen LogP contribution in [0.25, 0.3) is 11.1 Å². The number of halogens is 1. The van der Waals surface area contributed by atoms with E-state index < -0.39 is 5.82 Å². The quantitative estimate of drug-likeness (QED) is 0.731. The molecule has 0 bridgehead atoms. The highest BCUT2D eigenvalue weighted by Gasteiger charge is 2.38. The number of furan rings is 1. The van der Waals surface area contributed by atoms with Crippen molar-refractivity contribution in [3.63, 3.8) is 0 Å². The molecular formula is C18H18FN5O2. The van der Waals surface area contributed by atoms with Crippen LogP contribution in [-0.4, -0.2) is 26.4 Å². The molecular weight excluding hydrogens is 337 g/mol. The Morgan fingerprint density at radius 1 is 1.31 bits per heavy atom. The molecule has 0 radical (unpaired) electrons. The molecule has 0 saturated heterocycles. The summed E-state index contributed by atoms with van der Waals surface area (Å²) in [7, 11) is 0. The number of hydrogen-bond donors (Lipinski definition) is 2. The van der Waals surface area contributed by atoms with Crippen LogP contribution in [0.15, 0.2) is 29.1 Å². The standard InChI is InChI=1S/C18H18FN5O2/c1-10-13(16(25)21-8-12-4-3-11(19)7-20-12)14-15(24-18(2)5-6-18)22-9-23-17(14)26-10/h3-4,7,9H,5-6,8H2,1-2H3,(H,21,25)(H,22,23,24). The van der Waals surface area contributed by atoms with E-state index in [1.165, 1.54) is 18.5 Å². The summed E-state index contributed by atoms with van der Waals surface area (Å²) in [6.45, 7) is 4.00. The molecule has 0 aromatic carbocycles. The van der Waals surface area contributed by atoms with Crippen LogP contribution in [0.4, 0.5) is 10.2 Å². The van der Waals surface area contributed by atoms with Gasteiger partial charge in [0.25, 0.3) is 5.91 Å². The van der Waals surface area contributed by atoms with E-state index in [1.807, 2.05) is 0 Å². The second-order valence-electron chi connectivity index (χ2n) is 6.77. The van der Waals surface area contributed by atoms with Crippen molar-refractivity contribution in [3.05, 3.63) is 47.5 Å². The summed E-state index contributed by atoms with van der Waals surface area (Å²) < 4.78 is 18.6. The summed E-state index contributed by atoms with van der Waals surface area (Å²) in [5.74, 6) is 0.329. The Kier molecular flexibility index (Phi) is 3.82. The molecule has 134 valence electrons. The predicted octanol–water partition coefficient (Wildman–Crippen LogP) is 2.96. The van der Waals surface area contributed by atoms with Crippen LogP contribution < -0.4 is 10.6 Å². The number of nitrogens with zero attached hydrogens (tertiary/aromatic N) is 3. The molecule has 7 nitrogen and oxygen atoms in total. The Bertz CT molecular complexity index is 979. The lowest BCUT2D eigenvalue weighted by molar-refractivity contribution is 0.0950. The van der Waals surface area contributed by atoms with Crippen LogP contribution in [-0.2, 0) is 6.54 Å². The van der Waals surface area contributed by atoms with E-state index in [0.717, 1.165) is 19.0 Å². The number of rotatable bonds is 5. The summed E-state index contributed by atoms with van der Waals surface area (Å²) >= 11 is 0. The van der Waals surface area contributed by atoms with E-state index >= 15 is 0 Å². The number of pyridine rings is 1. The molecule has 0 unspecified atom stereocenters. The van der Waals surface area contributed by atoms with Crippen LogP contribution in [0.1, 0.15) is 41.6 Å². The summed E-state index contributed by atoms with van der Waals surface area (Å²) in [5, 5.41) is 6.74. The molecule has 1 aliphatic carbocycles. The second-order valence-corrected chi connectivity index (χ2v) is 6.77. The highest BCUT2D eigenvalue weighted by atomic mass is 19.1. The lowest BCUT2D eigenvalue weighted by Crippen LogP contribution is -2.24. The average Bonchev–Trinajstić information content (AvgIpc) is 3.23. The smallest absolute Gasteiger partial charge is 0.255 e. The molecule has 1 aliphatic rings. The predicted molar refractivity (Wildman–Crippen MR) is 93.2 cm³/mol. The molecule has 4 rings (SSSR count). The van der Waals surface area contributed by atoms with Gasteiger partial charge in [-0.1, -0.05) is 0 Å². The molecule has 3 heterocycles. The van der Waals surface area contributed by atoms with Gasteiger partial charge in [-0.25, -0.2) is 14.4 Å². The zero-order chi connectivity index (χ0) is 18.3. The van der Waals surface area contributed by atoms with E-state index in [9.17, 15) is 9.18 Å². The molecule has 8 heteroatoms. The van der Waals surface area contributed by atoms with Crippen LogP contribution in [0.5, 0.6) is 0 Å². The Balaban J connectivity index is 1.63. The first kappa shape index (κ1) is 16.4. The maximum atomic E-state index is 12.9. The van der Waals surface area contributed by atoms with Crippen molar-refractivity contribution in [3.8, 4) is 0 Å². The van der Waals surface area contributed by atoms with E-state index in [4.69, 9.17) is 4.42 Å². The van der Waals surface area contributed by atoms with Gasteiger partial charge in [0.2, 0.25) is 5.71 Å². The van der Waals surface area contributed by atoms with Crippen molar-refractivity contribution in [2.45, 2.75) is 38.8 Å². The normalized spacial score (nSPS) is 15.0. The molecule has 0 spiro atoms. The van der Waals surface area contributed by atoms with E-state index in [1.54, 1.807) is 6.92 Å². The zero-order valence-corrected chi connectivity index (χ0v) is 14.5. The Hall–Kier alpha value is -3.03. The second kappa shape index (κ2) is 6.05. The Labute approximate surface area is 149 Å². The topological polar surface area (TPSA) is 92.9 Å². The summed E-state index contributed by atoms with van der Waals surface area (Å²) in [5.41, 5.74) is 1.33. The van der Waals surface area contributed by atoms with Crippen molar-refractivity contribution >= 4 is 22.8 Å². The van der Waals surface area contributed by atoms with Crippen molar-refractivity contribution < 1.29 is 13.6 Å². The lowest BCUT2D eigenvalue weighted by atomic mass is 10.1. The van der Waals surface area contributed by atoms with Crippen molar-refractivity contribution in [2.75, 3.05) is 5.32 Å². The van der Waals surface area contributed by atoms with Gasteiger partial charge in [0.1, 0.15) is 23.7 Å². The lowest BCUT2D eigenvalue weighted by Gasteiger charge is -2.13. The molecule has 0 atom stereocenters. The minimum Gasteiger partial charge on any atom is -0.442 e. The molecule has 26 heavy (non-hydrogen) atoms. The zero-order valence-electron chi connectivity index (χ0n) is 14.5. The molecule has 2 N–H and O–H groups in total. The van der Waals surface area contributed by atoms with Gasteiger partial charge in [-0.3, -0.25) is 9.78 Å². The summed E-state index contributed by atoms with van der Waals surface area (Å²) in [6.07, 6.45) is 4.63. The monoisotopic (exact) mass is 355 g/mol. The number of fused-ring (bicyclic) bond motifs is 1. The third kappa shape index (κ3) is 3.10. The van der Waals surface area contributed by atoms with Gasteiger partial charge in [0.05, 0.1) is 29.4 Å². The van der Waals surface area contributed by atoms with Crippen LogP contribution in [0.3, 0.4) is 0 Å². The van der Waals surface area contributed by atoms with Gasteiger partial charge < -0.3 is 15.1 Å². The number of nitrogens with one attached hydrogen (secondary N) is 2. The number of carbonyl (C=O) groups excluding carboxylic acids is 1. The van der Waals surface area contributed by atoms with Crippen LogP contribution in [0.2, 0.25) is 0 Å². The number of amides is 1. The average molecular weight is 355 g/mol. The Morgan fingerprint density at radius 3 is 2.81 bits per heavy atom. The van der Waals surface area contributed by atoms with Crippen LogP contribution in [0, 0.1) is 12.7 Å². The fourth-order valence-electron chi connectivity index (χ4n) is 2.78. The van der Waals surface area contributed by atoms with Gasteiger partial charge in [0.15, 0.2) is 0 Å². The molecule has 3 aromatic rings. The number of carbonyl (C=O) groups is 1. The molecule has 1 saturated carbocycles. The van der Waals surface area contributed by atoms with Gasteiger partial charge in [-0.2, -0.15) is 0 Å². The fourth-order valence-corrected chi connectivity index (χ4v) is 2.78. The van der Waals surface area contributed by atoms with Gasteiger partial charge in [-0.05, 0) is 38.8 Å². The highest BCUT2D eigenvalue weighted by molar-refractivity contribution is 6.10. The third-order valence-corrected chi connectivity index (χ3v) is 4.53. The van der Waals surface area contributed by atoms with Crippen LogP contribution >= 0.6 is 0 Å². The number of aryl methyl sites for hydroxylation is 1. The number of anilines is 1. The fraction of sp³-hybridized carbons (Fsp3) is 0.333. The van der Waals surface area contributed by atoms with Crippen molar-refractivity contribution in [2.24, 2.45) is 0 Å². The largest absolute Gasteiger partial charge is 0.442 e. The van der Waals surface area contributed by atoms with E-state index in [0.29, 0.717) is 33.9 Å². The molecule has 1 fully saturated rings. The number of hydrogen-bond acceptors (Lipinski definition) is 6. The Morgan fingerprint density at radius 2 is 2.12 bits per heavy atom. The third-order valence-electron chi connectivity index (χ3n) is 4.53. The summed E-state index contributed by atoms with van der Waals surface area (Å²) in [4.78, 5) is 25.1. The molecule has 1 amide bonds. The van der Waals surface area contributed by atoms with Gasteiger partial charge in [0, 0.05) is 5.54 Å². The molecule has 3 aromatic heterocycles. The SMILES string of the molecule is Cc1oc2ncnc(NC3(C)CC3)c2c1C(=O)NCc1ccc(F)cn1. The maximum Gasteiger partial charge on any atom is 0.255 e. The molecule has 0 aliphatic heterocycles. The number of aromatic nitrogens is 3. The first-order valence-corrected chi connectivity index (χ1v) is 8.36. The van der Waals surface area contributed by atoms with Crippen molar-refractivity contribution in [1.82, 2.24) is 20.3 Å². The summed E-state index contributed by atoms with van der Waals surface area (Å²) in [6, 6.07) is 2.83. The maximum absolute atomic E-state index is 12.9. The minimum absolute atomic E-state index is 0.00175. The van der Waals surface area contributed by atoms with Gasteiger partial charge >= 0.3 is 0 Å². The first-order chi connectivity index (χ1) is 12.5. The van der Waals surface area contributed by atoms with E-state index in [2.05, 4.69) is 32.5 Å². The minimum atomic E-state index is -0.418. The van der Waals surface area contributed by atoms with Crippen molar-refractivity contribution in [1.29, 1.82) is 0 Å². The highest BCUT2D eigenvalue weighted by Crippen LogP contribution is 2.40. The van der Waals surface area contributed by atoms with Gasteiger partial charge in [-0.15, -0.1) is 0 Å². The van der Waals surface area contributed by atoms with E-state index in [-0.39, 0.29) is 18.0 Å².